The van der Waals surface area contributed by atoms with Crippen molar-refractivity contribution >= 4 is 17.5 Å². The van der Waals surface area contributed by atoms with E-state index >= 15 is 0 Å². The number of carbonyl (C=O) groups is 2. The molecular formula is C21H21NO3. The summed E-state index contributed by atoms with van der Waals surface area (Å²) in [5.41, 5.74) is 3.12. The van der Waals surface area contributed by atoms with Crippen molar-refractivity contribution in [1.82, 2.24) is 0 Å². The van der Waals surface area contributed by atoms with E-state index in [-0.39, 0.29) is 23.5 Å². The van der Waals surface area contributed by atoms with Crippen LogP contribution < -0.4 is 0 Å². The van der Waals surface area contributed by atoms with E-state index in [1.165, 1.54) is 0 Å². The smallest absolute Gasteiger partial charge is 0.313 e. The Morgan fingerprint density at radius 3 is 2.32 bits per heavy atom. The molecule has 0 aliphatic heterocycles. The highest BCUT2D eigenvalue weighted by atomic mass is 16.7. The van der Waals surface area contributed by atoms with Crippen LogP contribution in [0.2, 0.25) is 0 Å². The Hall–Kier alpha value is -2.49. The lowest BCUT2D eigenvalue weighted by Gasteiger charge is -2.46. The fourth-order valence-electron chi connectivity index (χ4n) is 4.37. The van der Waals surface area contributed by atoms with Crippen LogP contribution in [0.25, 0.3) is 0 Å². The minimum atomic E-state index is -0.467. The maximum atomic E-state index is 12.5. The van der Waals surface area contributed by atoms with Crippen LogP contribution in [-0.2, 0) is 9.63 Å². The summed E-state index contributed by atoms with van der Waals surface area (Å²) in [5, 5.41) is 4.21. The number of carbonyl (C=O) groups excluding carboxylic acids is 2. The van der Waals surface area contributed by atoms with Crippen molar-refractivity contribution in [2.24, 2.45) is 28.8 Å². The molecule has 4 heteroatoms. The van der Waals surface area contributed by atoms with Crippen LogP contribution in [0.5, 0.6) is 0 Å². The molecule has 1 aromatic carbocycles. The van der Waals surface area contributed by atoms with Crippen LogP contribution in [0, 0.1) is 30.6 Å². The third-order valence-electron chi connectivity index (χ3n) is 5.67. The lowest BCUT2D eigenvalue weighted by Crippen LogP contribution is -2.47. The van der Waals surface area contributed by atoms with Crippen molar-refractivity contribution in [1.29, 1.82) is 0 Å². The number of oxime groups is 1. The van der Waals surface area contributed by atoms with Crippen molar-refractivity contribution < 1.29 is 14.4 Å². The maximum absolute atomic E-state index is 12.5. The van der Waals surface area contributed by atoms with E-state index in [2.05, 4.69) is 17.3 Å². The number of hydrogen-bond donors (Lipinski definition) is 0. The Bertz CT molecular complexity index is 816. The molecule has 0 radical (unpaired) electrons. The molecule has 25 heavy (non-hydrogen) atoms. The number of ketones is 1. The molecule has 0 amide bonds. The predicted molar refractivity (Wildman–Crippen MR) is 95.1 cm³/mol. The van der Waals surface area contributed by atoms with Gasteiger partial charge in [-0.1, -0.05) is 35.0 Å². The summed E-state index contributed by atoms with van der Waals surface area (Å²) in [6, 6.07) is 7.21. The Morgan fingerprint density at radius 2 is 1.68 bits per heavy atom. The van der Waals surface area contributed by atoms with E-state index in [1.807, 2.05) is 26.0 Å². The van der Waals surface area contributed by atoms with Gasteiger partial charge in [0.2, 0.25) is 0 Å². The molecule has 4 atom stereocenters. The third kappa shape index (κ3) is 2.76. The fraction of sp³-hybridized carbons (Fsp3) is 0.381. The van der Waals surface area contributed by atoms with E-state index in [0.29, 0.717) is 11.5 Å². The van der Waals surface area contributed by atoms with Crippen LogP contribution in [0.15, 0.2) is 53.2 Å². The first kappa shape index (κ1) is 16.0. The average molecular weight is 335 g/mol. The highest BCUT2D eigenvalue weighted by molar-refractivity contribution is 6.13. The molecule has 0 spiro atoms. The van der Waals surface area contributed by atoms with Gasteiger partial charge in [-0.05, 0) is 62.3 Å². The van der Waals surface area contributed by atoms with Crippen molar-refractivity contribution in [3.8, 4) is 0 Å². The summed E-state index contributed by atoms with van der Waals surface area (Å²) in [4.78, 5) is 30.0. The maximum Gasteiger partial charge on any atom is 0.365 e. The van der Waals surface area contributed by atoms with Gasteiger partial charge in [0.05, 0.1) is 11.3 Å². The monoisotopic (exact) mass is 335 g/mol. The second-order valence-corrected chi connectivity index (χ2v) is 7.29. The average Bonchev–Trinajstić information content (AvgIpc) is 2.62. The van der Waals surface area contributed by atoms with Gasteiger partial charge < -0.3 is 4.84 Å². The molecule has 1 saturated carbocycles. The first-order valence-corrected chi connectivity index (χ1v) is 8.81. The van der Waals surface area contributed by atoms with Gasteiger partial charge >= 0.3 is 5.97 Å². The van der Waals surface area contributed by atoms with Gasteiger partial charge in [-0.15, -0.1) is 0 Å². The van der Waals surface area contributed by atoms with Gasteiger partial charge in [0.15, 0.2) is 5.78 Å². The highest BCUT2D eigenvalue weighted by Crippen LogP contribution is 2.48. The van der Waals surface area contributed by atoms with Crippen LogP contribution >= 0.6 is 0 Å². The van der Waals surface area contributed by atoms with Gasteiger partial charge in [0, 0.05) is 11.8 Å². The Labute approximate surface area is 147 Å². The van der Waals surface area contributed by atoms with Crippen molar-refractivity contribution in [2.75, 3.05) is 0 Å². The quantitative estimate of drug-likeness (QED) is 0.468. The Morgan fingerprint density at radius 1 is 1.04 bits per heavy atom. The van der Waals surface area contributed by atoms with E-state index in [9.17, 15) is 9.59 Å². The molecule has 2 bridgehead atoms. The summed E-state index contributed by atoms with van der Waals surface area (Å²) in [7, 11) is 0. The molecule has 0 N–H and O–H groups in total. The predicted octanol–water partition coefficient (Wildman–Crippen LogP) is 3.87. The number of fused-ring (bicyclic) bond motifs is 1. The van der Waals surface area contributed by atoms with Crippen LogP contribution in [-0.4, -0.2) is 17.5 Å². The third-order valence-corrected chi connectivity index (χ3v) is 5.67. The molecule has 1 aromatic rings. The number of allylic oxidation sites excluding steroid dienone is 4. The molecule has 4 nitrogen and oxygen atoms in total. The molecule has 0 heterocycles. The second kappa shape index (κ2) is 6.10. The molecule has 4 aliphatic rings. The summed E-state index contributed by atoms with van der Waals surface area (Å²) in [6.45, 7) is 3.84. The van der Waals surface area contributed by atoms with E-state index in [4.69, 9.17) is 4.84 Å². The molecule has 4 aliphatic carbocycles. The number of hydrogen-bond acceptors (Lipinski definition) is 4. The van der Waals surface area contributed by atoms with Gasteiger partial charge in [0.25, 0.3) is 0 Å². The summed E-state index contributed by atoms with van der Waals surface area (Å²) >= 11 is 0. The Balaban J connectivity index is 1.62. The lowest BCUT2D eigenvalue weighted by atomic mass is 9.57. The van der Waals surface area contributed by atoms with Crippen LogP contribution in [0.4, 0.5) is 0 Å². The fourth-order valence-corrected chi connectivity index (χ4v) is 4.37. The lowest BCUT2D eigenvalue weighted by molar-refractivity contribution is -0.122. The topological polar surface area (TPSA) is 55.7 Å². The number of benzene rings is 1. The SMILES string of the molecule is CC1=CC(=O)C2C3C=CC(CC3)C2C1=NOC(=O)c1ccc(C)cc1. The minimum Gasteiger partial charge on any atom is -0.313 e. The first-order chi connectivity index (χ1) is 12.0. The summed E-state index contributed by atoms with van der Waals surface area (Å²) < 4.78 is 0. The zero-order valence-corrected chi connectivity index (χ0v) is 14.4. The van der Waals surface area contributed by atoms with Crippen LogP contribution in [0.1, 0.15) is 35.7 Å². The standard InChI is InChI=1S/C21H21NO3/c1-12-3-5-16(6-4-12)21(24)25-22-20-13(2)11-17(23)18-14-7-9-15(10-8-14)19(18)20/h3-7,9,11,14-15,18-19H,8,10H2,1-2H3. The van der Waals surface area contributed by atoms with E-state index < -0.39 is 5.97 Å². The largest absolute Gasteiger partial charge is 0.365 e. The first-order valence-electron chi connectivity index (χ1n) is 8.81. The van der Waals surface area contributed by atoms with Gasteiger partial charge in [-0.25, -0.2) is 4.79 Å². The zero-order valence-electron chi connectivity index (χ0n) is 14.4. The minimum absolute atomic E-state index is 0.0343. The normalized spacial score (nSPS) is 31.7. The van der Waals surface area contributed by atoms with Crippen molar-refractivity contribution in [3.05, 3.63) is 59.2 Å². The summed E-state index contributed by atoms with van der Waals surface area (Å²) in [5.74, 6) is 0.288. The molecule has 128 valence electrons. The zero-order chi connectivity index (χ0) is 17.6. The molecule has 0 saturated heterocycles. The van der Waals surface area contributed by atoms with Gasteiger partial charge in [-0.2, -0.15) is 0 Å². The van der Waals surface area contributed by atoms with Gasteiger partial charge in [0.1, 0.15) is 0 Å². The molecule has 1 fully saturated rings. The molecule has 4 unspecified atom stereocenters. The summed E-state index contributed by atoms with van der Waals surface area (Å²) in [6.07, 6.45) is 8.16. The van der Waals surface area contributed by atoms with E-state index in [0.717, 1.165) is 29.7 Å². The van der Waals surface area contributed by atoms with Crippen molar-refractivity contribution in [3.63, 3.8) is 0 Å². The van der Waals surface area contributed by atoms with Gasteiger partial charge in [-0.3, -0.25) is 4.79 Å². The second-order valence-electron chi connectivity index (χ2n) is 7.29. The number of rotatable bonds is 2. The highest BCUT2D eigenvalue weighted by Gasteiger charge is 2.48. The number of aryl methyl sites for hydroxylation is 1. The molecule has 5 rings (SSSR count). The number of nitrogens with zero attached hydrogens (tertiary/aromatic N) is 1. The Kier molecular flexibility index (Phi) is 3.91. The van der Waals surface area contributed by atoms with Crippen molar-refractivity contribution in [2.45, 2.75) is 26.7 Å². The molecular weight excluding hydrogens is 314 g/mol. The molecule has 0 aromatic heterocycles. The van der Waals surface area contributed by atoms with Crippen LogP contribution in [0.3, 0.4) is 0 Å². The van der Waals surface area contributed by atoms with E-state index in [1.54, 1.807) is 18.2 Å².